The minimum Gasteiger partial charge on any atom is -0.495 e. The Hall–Kier alpha value is -3.63. The largest absolute Gasteiger partial charge is 0.495 e. The zero-order valence-electron chi connectivity index (χ0n) is 20.1. The van der Waals surface area contributed by atoms with Gasteiger partial charge < -0.3 is 14.2 Å². The van der Waals surface area contributed by atoms with Crippen molar-refractivity contribution < 1.29 is 9.53 Å². The monoisotopic (exact) mass is 524 g/mol. The van der Waals surface area contributed by atoms with Gasteiger partial charge in [0.2, 0.25) is 11.0 Å². The predicted molar refractivity (Wildman–Crippen MR) is 139 cm³/mol. The summed E-state index contributed by atoms with van der Waals surface area (Å²) in [5.41, 5.74) is 2.80. The molecule has 1 aromatic heterocycles. The van der Waals surface area contributed by atoms with E-state index in [4.69, 9.17) is 21.7 Å². The molecule has 186 valence electrons. The Morgan fingerprint density at radius 1 is 1.25 bits per heavy atom. The number of aromatic nitrogens is 4. The van der Waals surface area contributed by atoms with E-state index in [0.717, 1.165) is 48.6 Å². The first-order valence-corrected chi connectivity index (χ1v) is 12.7. The minimum atomic E-state index is -0.502. The van der Waals surface area contributed by atoms with Crippen LogP contribution in [0.5, 0.6) is 5.75 Å². The molecule has 0 bridgehead atoms. The second-order valence-corrected chi connectivity index (χ2v) is 10.1. The van der Waals surface area contributed by atoms with Crippen molar-refractivity contribution in [2.45, 2.75) is 26.7 Å². The molecule has 2 N–H and O–H groups in total. The summed E-state index contributed by atoms with van der Waals surface area (Å²) in [5.74, 6) is 0.581. The quantitative estimate of drug-likeness (QED) is 0.424. The van der Waals surface area contributed by atoms with Gasteiger partial charge in [0.25, 0.3) is 5.56 Å². The molecule has 0 saturated carbocycles. The maximum absolute atomic E-state index is 12.9. The topological polar surface area (TPSA) is 109 Å². The first-order chi connectivity index (χ1) is 17.3. The summed E-state index contributed by atoms with van der Waals surface area (Å²) in [6, 6.07) is 7.33. The molecule has 0 atom stereocenters. The number of carbonyl (C=O) groups excluding carboxylic acids is 1. The number of carbonyl (C=O) groups is 1. The van der Waals surface area contributed by atoms with Crippen LogP contribution in [0.4, 0.5) is 0 Å². The molecule has 9 nitrogen and oxygen atoms in total. The number of hydrogen-bond donors (Lipinski definition) is 2. The molecule has 36 heavy (non-hydrogen) atoms. The van der Waals surface area contributed by atoms with Crippen LogP contribution >= 0.6 is 22.9 Å². The average molecular weight is 525 g/mol. The summed E-state index contributed by atoms with van der Waals surface area (Å²) in [6.07, 6.45) is 5.19. The van der Waals surface area contributed by atoms with Gasteiger partial charge in [-0.25, -0.2) is 4.68 Å². The summed E-state index contributed by atoms with van der Waals surface area (Å²) in [6.45, 7) is 5.38. The van der Waals surface area contributed by atoms with Crippen LogP contribution in [0, 0.1) is 19.3 Å². The van der Waals surface area contributed by atoms with Crippen molar-refractivity contribution >= 4 is 41.0 Å². The first-order valence-electron chi connectivity index (χ1n) is 11.5. The molecule has 2 aromatic rings. The zero-order chi connectivity index (χ0) is 25.6. The SMILES string of the molecule is COc1ccc(Cl)cc1-n1c(C)cc(/C=c2/c(=O)nc3s/c(=C/C(=O)N4CCCC4)[nH]n-3c2=N)c1C. The van der Waals surface area contributed by atoms with Crippen molar-refractivity contribution in [3.05, 3.63) is 72.0 Å². The fourth-order valence-corrected chi connectivity index (χ4v) is 5.57. The summed E-state index contributed by atoms with van der Waals surface area (Å²) < 4.78 is 9.49. The molecule has 0 radical (unpaired) electrons. The third-order valence-electron chi connectivity index (χ3n) is 6.35. The van der Waals surface area contributed by atoms with Crippen LogP contribution in [-0.4, -0.2) is 50.3 Å². The second-order valence-electron chi connectivity index (χ2n) is 8.67. The highest BCUT2D eigenvalue weighted by Gasteiger charge is 2.18. The van der Waals surface area contributed by atoms with Crippen molar-refractivity contribution in [3.63, 3.8) is 0 Å². The molecule has 11 heteroatoms. The van der Waals surface area contributed by atoms with E-state index < -0.39 is 5.56 Å². The molecular formula is C25H25ClN6O3S. The number of hydrogen-bond acceptors (Lipinski definition) is 6. The Kier molecular flexibility index (Phi) is 6.31. The Morgan fingerprint density at radius 2 is 2.00 bits per heavy atom. The summed E-state index contributed by atoms with van der Waals surface area (Å²) in [4.78, 5) is 31.4. The van der Waals surface area contributed by atoms with Gasteiger partial charge in [0.15, 0.2) is 5.49 Å². The highest BCUT2D eigenvalue weighted by molar-refractivity contribution is 7.11. The lowest BCUT2D eigenvalue weighted by atomic mass is 10.2. The minimum absolute atomic E-state index is 0.0281. The van der Waals surface area contributed by atoms with Gasteiger partial charge in [-0.2, -0.15) is 4.98 Å². The van der Waals surface area contributed by atoms with Crippen LogP contribution in [0.2, 0.25) is 5.02 Å². The molecule has 1 saturated heterocycles. The molecule has 3 aliphatic heterocycles. The van der Waals surface area contributed by atoms with Crippen molar-refractivity contribution in [2.24, 2.45) is 0 Å². The third kappa shape index (κ3) is 4.27. The number of aryl methyl sites for hydroxylation is 1. The van der Waals surface area contributed by atoms with Crippen LogP contribution in [0.25, 0.3) is 23.0 Å². The lowest BCUT2D eigenvalue weighted by Gasteiger charge is -2.14. The first kappa shape index (κ1) is 24.1. The number of H-pyrrole nitrogens is 1. The van der Waals surface area contributed by atoms with E-state index in [1.165, 1.54) is 22.1 Å². The summed E-state index contributed by atoms with van der Waals surface area (Å²) in [5, 5.41) is 12.8. The number of methoxy groups -OCH3 is 1. The van der Waals surface area contributed by atoms with E-state index in [9.17, 15) is 9.59 Å². The lowest BCUT2D eigenvalue weighted by molar-refractivity contribution is -0.123. The Balaban J connectivity index is 1.62. The maximum Gasteiger partial charge on any atom is 0.283 e. The predicted octanol–water partition coefficient (Wildman–Crippen LogP) is 1.84. The van der Waals surface area contributed by atoms with Crippen molar-refractivity contribution in [2.75, 3.05) is 20.2 Å². The van der Waals surface area contributed by atoms with Crippen molar-refractivity contribution in [1.29, 1.82) is 5.41 Å². The van der Waals surface area contributed by atoms with E-state index in [0.29, 0.717) is 20.6 Å². The molecule has 1 aromatic carbocycles. The number of aromatic amines is 1. The van der Waals surface area contributed by atoms with Gasteiger partial charge in [0.1, 0.15) is 10.4 Å². The van der Waals surface area contributed by atoms with Gasteiger partial charge in [0, 0.05) is 35.6 Å². The second kappa shape index (κ2) is 9.44. The van der Waals surface area contributed by atoms with E-state index >= 15 is 0 Å². The van der Waals surface area contributed by atoms with E-state index in [-0.39, 0.29) is 16.6 Å². The molecule has 3 aliphatic rings. The Labute approximate surface area is 215 Å². The van der Waals surface area contributed by atoms with Gasteiger partial charge >= 0.3 is 0 Å². The van der Waals surface area contributed by atoms with Crippen molar-refractivity contribution in [1.82, 2.24) is 24.2 Å². The zero-order valence-corrected chi connectivity index (χ0v) is 21.7. The lowest BCUT2D eigenvalue weighted by Crippen LogP contribution is -2.47. The average Bonchev–Trinajstić information content (AvgIpc) is 3.57. The molecule has 0 unspecified atom stereocenters. The molecule has 4 heterocycles. The van der Waals surface area contributed by atoms with Gasteiger partial charge in [0.05, 0.1) is 18.0 Å². The number of likely N-dealkylation sites (tertiary alicyclic amines) is 1. The van der Waals surface area contributed by atoms with Gasteiger partial charge in [-0.1, -0.05) is 22.9 Å². The number of nitrogens with zero attached hydrogens (tertiary/aromatic N) is 4. The van der Waals surface area contributed by atoms with E-state index in [2.05, 4.69) is 10.1 Å². The standard InChI is InChI=1S/C25H25ClN6O3S/c1-14-10-16(15(2)31(14)19-12-17(26)6-7-20(19)35-3)11-18-23(27)32-25(28-24(18)34)36-21(29-32)13-22(33)30-8-4-5-9-30/h6-7,10-13,27,29H,4-5,8-9H2,1-3H3/b18-11+,21-13+,27-23?. The fraction of sp³-hybridized carbons (Fsp3) is 0.280. The molecular weight excluding hydrogens is 500 g/mol. The third-order valence-corrected chi connectivity index (χ3v) is 7.47. The summed E-state index contributed by atoms with van der Waals surface area (Å²) >= 11 is 7.42. The van der Waals surface area contributed by atoms with Crippen molar-refractivity contribution in [3.8, 4) is 16.6 Å². The van der Waals surface area contributed by atoms with Gasteiger partial charge in [-0.05, 0) is 62.6 Å². The Morgan fingerprint density at radius 3 is 2.72 bits per heavy atom. The van der Waals surface area contributed by atoms with Crippen LogP contribution in [0.1, 0.15) is 29.8 Å². The van der Waals surface area contributed by atoms with Crippen LogP contribution < -0.4 is 25.7 Å². The van der Waals surface area contributed by atoms with Crippen LogP contribution in [0.3, 0.4) is 0 Å². The van der Waals surface area contributed by atoms with Gasteiger partial charge in [-0.3, -0.25) is 20.1 Å². The summed E-state index contributed by atoms with van der Waals surface area (Å²) in [7, 11) is 1.60. The highest BCUT2D eigenvalue weighted by Crippen LogP contribution is 2.30. The molecule has 5 rings (SSSR count). The highest BCUT2D eigenvalue weighted by atomic mass is 35.5. The number of amides is 1. The van der Waals surface area contributed by atoms with Gasteiger partial charge in [-0.15, -0.1) is 0 Å². The van der Waals surface area contributed by atoms with E-state index in [1.54, 1.807) is 24.2 Å². The van der Waals surface area contributed by atoms with E-state index in [1.807, 2.05) is 36.6 Å². The normalized spacial score (nSPS) is 14.8. The molecule has 0 aliphatic carbocycles. The number of halogens is 1. The Bertz CT molecular complexity index is 1690. The number of ether oxygens (including phenoxy) is 1. The number of rotatable bonds is 4. The van der Waals surface area contributed by atoms with Crippen LogP contribution in [0.15, 0.2) is 29.1 Å². The smallest absolute Gasteiger partial charge is 0.283 e. The molecule has 1 amide bonds. The molecule has 0 spiro atoms. The maximum atomic E-state index is 12.9. The number of benzene rings is 1. The van der Waals surface area contributed by atoms with Crippen LogP contribution in [-0.2, 0) is 4.79 Å². The number of nitrogens with one attached hydrogen (secondary N) is 2. The fourth-order valence-electron chi connectivity index (χ4n) is 4.55. The number of fused-ring (bicyclic) bond motifs is 1. The molecule has 1 fully saturated rings.